The standard InChI is InChI=1S/C12H17NO/c1-9(2)12-8-13-7-10-5-3-4-6-11(10)14-12/h3-6,9,12-13H,7-8H2,1-2H3. The minimum Gasteiger partial charge on any atom is -0.489 e. The van der Waals surface area contributed by atoms with Gasteiger partial charge in [-0.25, -0.2) is 0 Å². The van der Waals surface area contributed by atoms with Gasteiger partial charge in [0.2, 0.25) is 0 Å². The maximum Gasteiger partial charge on any atom is 0.124 e. The molecule has 1 N–H and O–H groups in total. The number of ether oxygens (including phenoxy) is 1. The van der Waals surface area contributed by atoms with Crippen LogP contribution < -0.4 is 10.1 Å². The second-order valence-electron chi connectivity index (χ2n) is 4.14. The van der Waals surface area contributed by atoms with Crippen LogP contribution in [0.3, 0.4) is 0 Å². The minimum atomic E-state index is 0.290. The van der Waals surface area contributed by atoms with E-state index in [1.54, 1.807) is 0 Å². The van der Waals surface area contributed by atoms with Crippen molar-refractivity contribution in [1.29, 1.82) is 0 Å². The van der Waals surface area contributed by atoms with Gasteiger partial charge >= 0.3 is 0 Å². The lowest BCUT2D eigenvalue weighted by Gasteiger charge is -2.20. The van der Waals surface area contributed by atoms with Crippen molar-refractivity contribution in [2.75, 3.05) is 6.54 Å². The third-order valence-electron chi connectivity index (χ3n) is 2.66. The third-order valence-corrected chi connectivity index (χ3v) is 2.66. The number of hydrogen-bond donors (Lipinski definition) is 1. The zero-order valence-corrected chi connectivity index (χ0v) is 8.79. The molecule has 1 unspecified atom stereocenters. The van der Waals surface area contributed by atoms with Gasteiger partial charge in [-0.3, -0.25) is 0 Å². The van der Waals surface area contributed by atoms with Crippen LogP contribution in [0.15, 0.2) is 24.3 Å². The number of nitrogens with one attached hydrogen (secondary N) is 1. The van der Waals surface area contributed by atoms with Gasteiger partial charge in [-0.15, -0.1) is 0 Å². The van der Waals surface area contributed by atoms with Crippen molar-refractivity contribution in [3.63, 3.8) is 0 Å². The fraction of sp³-hybridized carbons (Fsp3) is 0.500. The largest absolute Gasteiger partial charge is 0.489 e. The summed E-state index contributed by atoms with van der Waals surface area (Å²) in [5, 5.41) is 3.41. The highest BCUT2D eigenvalue weighted by atomic mass is 16.5. The van der Waals surface area contributed by atoms with E-state index in [1.807, 2.05) is 6.07 Å². The summed E-state index contributed by atoms with van der Waals surface area (Å²) in [6, 6.07) is 8.25. The van der Waals surface area contributed by atoms with Crippen LogP contribution in [0.4, 0.5) is 0 Å². The Labute approximate surface area is 85.3 Å². The van der Waals surface area contributed by atoms with Crippen LogP contribution in [0, 0.1) is 5.92 Å². The summed E-state index contributed by atoms with van der Waals surface area (Å²) in [4.78, 5) is 0. The highest BCUT2D eigenvalue weighted by Crippen LogP contribution is 2.23. The highest BCUT2D eigenvalue weighted by Gasteiger charge is 2.19. The van der Waals surface area contributed by atoms with Gasteiger partial charge in [0.15, 0.2) is 0 Å². The predicted molar refractivity (Wildman–Crippen MR) is 57.4 cm³/mol. The zero-order chi connectivity index (χ0) is 9.97. The lowest BCUT2D eigenvalue weighted by molar-refractivity contribution is 0.156. The van der Waals surface area contributed by atoms with Crippen LogP contribution in [0.5, 0.6) is 5.75 Å². The summed E-state index contributed by atoms with van der Waals surface area (Å²) < 4.78 is 5.96. The first kappa shape index (κ1) is 9.53. The van der Waals surface area contributed by atoms with Gasteiger partial charge in [-0.05, 0) is 12.0 Å². The molecule has 1 aliphatic rings. The van der Waals surface area contributed by atoms with E-state index in [0.717, 1.165) is 18.8 Å². The molecular weight excluding hydrogens is 174 g/mol. The molecule has 1 aliphatic heterocycles. The van der Waals surface area contributed by atoms with E-state index >= 15 is 0 Å². The van der Waals surface area contributed by atoms with E-state index in [1.165, 1.54) is 5.56 Å². The topological polar surface area (TPSA) is 21.3 Å². The van der Waals surface area contributed by atoms with Gasteiger partial charge in [0.1, 0.15) is 11.9 Å². The molecule has 76 valence electrons. The Morgan fingerprint density at radius 3 is 2.93 bits per heavy atom. The summed E-state index contributed by atoms with van der Waals surface area (Å²) in [5.74, 6) is 1.59. The van der Waals surface area contributed by atoms with Crippen LogP contribution >= 0.6 is 0 Å². The lowest BCUT2D eigenvalue weighted by atomic mass is 10.1. The van der Waals surface area contributed by atoms with E-state index < -0.39 is 0 Å². The second-order valence-corrected chi connectivity index (χ2v) is 4.14. The van der Waals surface area contributed by atoms with Gasteiger partial charge in [-0.1, -0.05) is 32.0 Å². The molecule has 1 aromatic rings. The molecule has 2 heteroatoms. The highest BCUT2D eigenvalue weighted by molar-refractivity contribution is 5.34. The van der Waals surface area contributed by atoms with Crippen LogP contribution in [-0.2, 0) is 6.54 Å². The molecule has 2 rings (SSSR count). The van der Waals surface area contributed by atoms with Gasteiger partial charge in [-0.2, -0.15) is 0 Å². The first-order valence-electron chi connectivity index (χ1n) is 5.22. The number of benzene rings is 1. The third kappa shape index (κ3) is 1.90. The molecule has 0 saturated carbocycles. The van der Waals surface area contributed by atoms with E-state index in [2.05, 4.69) is 37.4 Å². The molecule has 0 fully saturated rings. The molecule has 14 heavy (non-hydrogen) atoms. The Balaban J connectivity index is 2.22. The SMILES string of the molecule is CC(C)C1CNCc2ccccc2O1. The maximum atomic E-state index is 5.96. The summed E-state index contributed by atoms with van der Waals surface area (Å²) in [7, 11) is 0. The van der Waals surface area contributed by atoms with E-state index in [9.17, 15) is 0 Å². The Bertz CT molecular complexity index is 309. The van der Waals surface area contributed by atoms with E-state index in [0.29, 0.717) is 12.0 Å². The number of fused-ring (bicyclic) bond motifs is 1. The molecule has 1 aromatic carbocycles. The average molecular weight is 191 g/mol. The average Bonchev–Trinajstić information content (AvgIpc) is 2.39. The summed E-state index contributed by atoms with van der Waals surface area (Å²) in [6.07, 6.45) is 0.290. The van der Waals surface area contributed by atoms with Crippen molar-refractivity contribution in [3.05, 3.63) is 29.8 Å². The fourth-order valence-corrected chi connectivity index (χ4v) is 1.69. The fourth-order valence-electron chi connectivity index (χ4n) is 1.69. The molecule has 0 amide bonds. The molecular formula is C12H17NO. The quantitative estimate of drug-likeness (QED) is 0.734. The summed E-state index contributed by atoms with van der Waals surface area (Å²) >= 11 is 0. The van der Waals surface area contributed by atoms with Gasteiger partial charge in [0.25, 0.3) is 0 Å². The van der Waals surface area contributed by atoms with Crippen LogP contribution in [-0.4, -0.2) is 12.6 Å². The summed E-state index contributed by atoms with van der Waals surface area (Å²) in [5.41, 5.74) is 1.26. The number of hydrogen-bond acceptors (Lipinski definition) is 2. The van der Waals surface area contributed by atoms with Crippen LogP contribution in [0.1, 0.15) is 19.4 Å². The maximum absolute atomic E-state index is 5.96. The molecule has 1 heterocycles. The Kier molecular flexibility index (Phi) is 2.73. The van der Waals surface area contributed by atoms with Crippen molar-refractivity contribution >= 4 is 0 Å². The Morgan fingerprint density at radius 1 is 1.36 bits per heavy atom. The van der Waals surface area contributed by atoms with E-state index in [-0.39, 0.29) is 0 Å². The molecule has 2 nitrogen and oxygen atoms in total. The summed E-state index contributed by atoms with van der Waals surface area (Å²) in [6.45, 7) is 6.24. The van der Waals surface area contributed by atoms with Gasteiger partial charge in [0.05, 0.1) is 0 Å². The minimum absolute atomic E-state index is 0.290. The zero-order valence-electron chi connectivity index (χ0n) is 8.79. The Morgan fingerprint density at radius 2 is 2.14 bits per heavy atom. The first-order valence-corrected chi connectivity index (χ1v) is 5.22. The predicted octanol–water partition coefficient (Wildman–Crippen LogP) is 2.19. The molecule has 0 spiro atoms. The van der Waals surface area contributed by atoms with Crippen LogP contribution in [0.2, 0.25) is 0 Å². The smallest absolute Gasteiger partial charge is 0.124 e. The van der Waals surface area contributed by atoms with Gasteiger partial charge in [0, 0.05) is 18.7 Å². The number of rotatable bonds is 1. The molecule has 0 radical (unpaired) electrons. The van der Waals surface area contributed by atoms with Crippen LogP contribution in [0.25, 0.3) is 0 Å². The Hall–Kier alpha value is -1.02. The molecule has 0 aliphatic carbocycles. The first-order chi connectivity index (χ1) is 6.77. The van der Waals surface area contributed by atoms with Crippen molar-refractivity contribution in [2.45, 2.75) is 26.5 Å². The second kappa shape index (κ2) is 4.01. The molecule has 0 bridgehead atoms. The molecule has 1 atom stereocenters. The number of para-hydroxylation sites is 1. The van der Waals surface area contributed by atoms with Gasteiger partial charge < -0.3 is 10.1 Å². The van der Waals surface area contributed by atoms with Crippen molar-refractivity contribution < 1.29 is 4.74 Å². The molecule has 0 aromatic heterocycles. The monoisotopic (exact) mass is 191 g/mol. The normalized spacial score (nSPS) is 21.2. The van der Waals surface area contributed by atoms with Crippen molar-refractivity contribution in [2.24, 2.45) is 5.92 Å². The lowest BCUT2D eigenvalue weighted by Crippen LogP contribution is -2.32. The van der Waals surface area contributed by atoms with E-state index in [4.69, 9.17) is 4.74 Å². The van der Waals surface area contributed by atoms with Crippen molar-refractivity contribution in [3.8, 4) is 5.75 Å². The molecule has 0 saturated heterocycles. The van der Waals surface area contributed by atoms with Crippen molar-refractivity contribution in [1.82, 2.24) is 5.32 Å².